The van der Waals surface area contributed by atoms with Crippen molar-refractivity contribution in [2.24, 2.45) is 0 Å². The van der Waals surface area contributed by atoms with Crippen LogP contribution < -0.4 is 0 Å². The summed E-state index contributed by atoms with van der Waals surface area (Å²) in [5, 5.41) is 0. The van der Waals surface area contributed by atoms with Gasteiger partial charge in [-0.05, 0) is 62.4 Å². The van der Waals surface area contributed by atoms with Crippen LogP contribution in [0.25, 0.3) is 0 Å². The van der Waals surface area contributed by atoms with Crippen molar-refractivity contribution in [2.45, 2.75) is 45.3 Å². The number of aryl methyl sites for hydroxylation is 2. The van der Waals surface area contributed by atoms with Crippen molar-refractivity contribution in [1.29, 1.82) is 0 Å². The Morgan fingerprint density at radius 2 is 1.88 bits per heavy atom. The molecule has 1 saturated heterocycles. The molecular weight excluding hydrogens is 296 g/mol. The second kappa shape index (κ2) is 8.95. The van der Waals surface area contributed by atoms with E-state index in [1.54, 1.807) is 0 Å². The highest BCUT2D eigenvalue weighted by Gasteiger charge is 2.19. The van der Waals surface area contributed by atoms with Crippen LogP contribution in [-0.4, -0.2) is 35.7 Å². The van der Waals surface area contributed by atoms with Crippen molar-refractivity contribution in [3.05, 3.63) is 65.5 Å². The zero-order valence-corrected chi connectivity index (χ0v) is 14.7. The number of hydrogen-bond acceptors (Lipinski definition) is 3. The van der Waals surface area contributed by atoms with E-state index in [2.05, 4.69) is 53.2 Å². The van der Waals surface area contributed by atoms with Gasteiger partial charge in [0.15, 0.2) is 0 Å². The van der Waals surface area contributed by atoms with Crippen LogP contribution in [0.2, 0.25) is 0 Å². The van der Waals surface area contributed by atoms with E-state index in [0.717, 1.165) is 32.7 Å². The van der Waals surface area contributed by atoms with Gasteiger partial charge in [0.2, 0.25) is 0 Å². The zero-order chi connectivity index (χ0) is 16.6. The lowest BCUT2D eigenvalue weighted by atomic mass is 10.1. The second-order valence-corrected chi connectivity index (χ2v) is 6.81. The van der Waals surface area contributed by atoms with Gasteiger partial charge in [-0.1, -0.05) is 29.8 Å². The molecule has 2 heterocycles. The first-order valence-electron chi connectivity index (χ1n) is 9.08. The molecule has 0 aliphatic carbocycles. The Hall–Kier alpha value is -1.71. The van der Waals surface area contributed by atoms with Gasteiger partial charge in [0.05, 0.1) is 6.10 Å². The minimum absolute atomic E-state index is 0.409. The van der Waals surface area contributed by atoms with Crippen molar-refractivity contribution in [3.8, 4) is 0 Å². The topological polar surface area (TPSA) is 25.4 Å². The summed E-state index contributed by atoms with van der Waals surface area (Å²) >= 11 is 0. The van der Waals surface area contributed by atoms with Crippen LogP contribution in [0, 0.1) is 6.92 Å². The molecule has 3 heteroatoms. The van der Waals surface area contributed by atoms with Crippen LogP contribution in [0.1, 0.15) is 36.0 Å². The SMILES string of the molecule is Cc1ccc(CCCN(Cc2ccncc2)C[C@H]2CCCO2)cc1. The first-order chi connectivity index (χ1) is 11.8. The Kier molecular flexibility index (Phi) is 6.39. The molecule has 0 N–H and O–H groups in total. The lowest BCUT2D eigenvalue weighted by Gasteiger charge is -2.25. The van der Waals surface area contributed by atoms with Gasteiger partial charge < -0.3 is 4.74 Å². The molecule has 3 rings (SSSR count). The Balaban J connectivity index is 1.53. The third-order valence-corrected chi connectivity index (χ3v) is 4.70. The molecule has 1 fully saturated rings. The van der Waals surface area contributed by atoms with E-state index < -0.39 is 0 Å². The van der Waals surface area contributed by atoms with E-state index >= 15 is 0 Å². The Bertz CT molecular complexity index is 591. The molecule has 1 aliphatic rings. The number of rotatable bonds is 8. The Morgan fingerprint density at radius 3 is 2.58 bits per heavy atom. The predicted molar refractivity (Wildman–Crippen MR) is 98.0 cm³/mol. The highest BCUT2D eigenvalue weighted by Crippen LogP contribution is 2.16. The highest BCUT2D eigenvalue weighted by molar-refractivity contribution is 5.21. The summed E-state index contributed by atoms with van der Waals surface area (Å²) in [6.45, 7) is 6.20. The maximum atomic E-state index is 5.84. The maximum absolute atomic E-state index is 5.84. The molecule has 0 amide bonds. The average molecular weight is 324 g/mol. The van der Waals surface area contributed by atoms with E-state index in [1.807, 2.05) is 12.4 Å². The van der Waals surface area contributed by atoms with Gasteiger partial charge in [0, 0.05) is 32.1 Å². The lowest BCUT2D eigenvalue weighted by molar-refractivity contribution is 0.0702. The number of pyridine rings is 1. The van der Waals surface area contributed by atoms with Gasteiger partial charge in [-0.15, -0.1) is 0 Å². The molecular formula is C21H28N2O. The molecule has 0 spiro atoms. The van der Waals surface area contributed by atoms with Crippen molar-refractivity contribution >= 4 is 0 Å². The normalized spacial score (nSPS) is 17.5. The minimum atomic E-state index is 0.409. The second-order valence-electron chi connectivity index (χ2n) is 6.81. The van der Waals surface area contributed by atoms with Crippen molar-refractivity contribution < 1.29 is 4.74 Å². The van der Waals surface area contributed by atoms with Crippen LogP contribution in [-0.2, 0) is 17.7 Å². The molecule has 24 heavy (non-hydrogen) atoms. The Labute approximate surface area is 145 Å². The minimum Gasteiger partial charge on any atom is -0.377 e. The molecule has 0 bridgehead atoms. The van der Waals surface area contributed by atoms with Gasteiger partial charge in [-0.25, -0.2) is 0 Å². The number of aromatic nitrogens is 1. The Morgan fingerprint density at radius 1 is 1.08 bits per heavy atom. The van der Waals surface area contributed by atoms with Crippen LogP contribution in [0.15, 0.2) is 48.8 Å². The molecule has 0 unspecified atom stereocenters. The van der Waals surface area contributed by atoms with E-state index in [9.17, 15) is 0 Å². The van der Waals surface area contributed by atoms with Crippen molar-refractivity contribution in [1.82, 2.24) is 9.88 Å². The smallest absolute Gasteiger partial charge is 0.0702 e. The maximum Gasteiger partial charge on any atom is 0.0702 e. The number of nitrogens with zero attached hydrogens (tertiary/aromatic N) is 2. The van der Waals surface area contributed by atoms with E-state index in [0.29, 0.717) is 6.10 Å². The molecule has 128 valence electrons. The number of ether oxygens (including phenoxy) is 1. The lowest BCUT2D eigenvalue weighted by Crippen LogP contribution is -2.32. The van der Waals surface area contributed by atoms with Gasteiger partial charge in [0.1, 0.15) is 0 Å². The quantitative estimate of drug-likeness (QED) is 0.734. The standard InChI is InChI=1S/C21H28N2O/c1-18-6-8-19(9-7-18)4-2-14-23(17-21-5-3-15-24-21)16-20-10-12-22-13-11-20/h6-13,21H,2-5,14-17H2,1H3/t21-/m1/s1. The summed E-state index contributed by atoms with van der Waals surface area (Å²) in [6.07, 6.45) is 8.89. The molecule has 1 aromatic heterocycles. The summed E-state index contributed by atoms with van der Waals surface area (Å²) in [5.41, 5.74) is 4.09. The predicted octanol–water partition coefficient (Wildman–Crippen LogP) is 4.00. The largest absolute Gasteiger partial charge is 0.377 e. The van der Waals surface area contributed by atoms with Crippen LogP contribution in [0.3, 0.4) is 0 Å². The van der Waals surface area contributed by atoms with Crippen molar-refractivity contribution in [2.75, 3.05) is 19.7 Å². The van der Waals surface area contributed by atoms with Crippen LogP contribution in [0.4, 0.5) is 0 Å². The first kappa shape index (κ1) is 17.1. The van der Waals surface area contributed by atoms with E-state index in [1.165, 1.54) is 36.0 Å². The molecule has 3 nitrogen and oxygen atoms in total. The van der Waals surface area contributed by atoms with Crippen LogP contribution in [0.5, 0.6) is 0 Å². The van der Waals surface area contributed by atoms with Gasteiger partial charge in [0.25, 0.3) is 0 Å². The monoisotopic (exact) mass is 324 g/mol. The molecule has 2 aromatic rings. The molecule has 0 saturated carbocycles. The third kappa shape index (κ3) is 5.43. The van der Waals surface area contributed by atoms with Gasteiger partial charge >= 0.3 is 0 Å². The van der Waals surface area contributed by atoms with Crippen LogP contribution >= 0.6 is 0 Å². The highest BCUT2D eigenvalue weighted by atomic mass is 16.5. The average Bonchev–Trinajstić information content (AvgIpc) is 3.10. The summed E-state index contributed by atoms with van der Waals surface area (Å²) in [5.74, 6) is 0. The first-order valence-corrected chi connectivity index (χ1v) is 9.08. The molecule has 1 aromatic carbocycles. The fraction of sp³-hybridized carbons (Fsp3) is 0.476. The molecule has 1 aliphatic heterocycles. The number of hydrogen-bond donors (Lipinski definition) is 0. The fourth-order valence-corrected chi connectivity index (χ4v) is 3.32. The summed E-state index contributed by atoms with van der Waals surface area (Å²) in [6, 6.07) is 13.1. The molecule has 1 atom stereocenters. The van der Waals surface area contributed by atoms with Gasteiger partial charge in [-0.2, -0.15) is 0 Å². The summed E-state index contributed by atoms with van der Waals surface area (Å²) in [4.78, 5) is 6.66. The molecule has 0 radical (unpaired) electrons. The summed E-state index contributed by atoms with van der Waals surface area (Å²) in [7, 11) is 0. The zero-order valence-electron chi connectivity index (χ0n) is 14.7. The fourth-order valence-electron chi connectivity index (χ4n) is 3.32. The third-order valence-electron chi connectivity index (χ3n) is 4.70. The summed E-state index contributed by atoms with van der Waals surface area (Å²) < 4.78 is 5.84. The number of benzene rings is 1. The van der Waals surface area contributed by atoms with E-state index in [-0.39, 0.29) is 0 Å². The van der Waals surface area contributed by atoms with E-state index in [4.69, 9.17) is 4.74 Å². The van der Waals surface area contributed by atoms with Crippen molar-refractivity contribution in [3.63, 3.8) is 0 Å². The van der Waals surface area contributed by atoms with Gasteiger partial charge in [-0.3, -0.25) is 9.88 Å².